The SMILES string of the molecule is CC1CCC(NC(C)c2cccc(C(F)(F)F)c2)C(C)C1. The van der Waals surface area contributed by atoms with Crippen molar-refractivity contribution >= 4 is 0 Å². The lowest BCUT2D eigenvalue weighted by Gasteiger charge is -2.35. The molecule has 1 aromatic carbocycles. The molecule has 118 valence electrons. The lowest BCUT2D eigenvalue weighted by atomic mass is 9.79. The van der Waals surface area contributed by atoms with Gasteiger partial charge in [0.25, 0.3) is 0 Å². The first-order chi connectivity index (χ1) is 9.77. The first kappa shape index (κ1) is 16.3. The Morgan fingerprint density at radius 2 is 1.90 bits per heavy atom. The van der Waals surface area contributed by atoms with Crippen LogP contribution in [0.2, 0.25) is 0 Å². The lowest BCUT2D eigenvalue weighted by Crippen LogP contribution is -2.40. The predicted octanol–water partition coefficient (Wildman–Crippen LogP) is 5.18. The number of nitrogens with one attached hydrogen (secondary N) is 1. The highest BCUT2D eigenvalue weighted by molar-refractivity contribution is 5.27. The summed E-state index contributed by atoms with van der Waals surface area (Å²) in [5.41, 5.74) is 0.134. The maximum Gasteiger partial charge on any atom is 0.416 e. The molecule has 0 aliphatic heterocycles. The third-order valence-electron chi connectivity index (χ3n) is 4.61. The fourth-order valence-electron chi connectivity index (χ4n) is 3.31. The Bertz CT molecular complexity index is 469. The Morgan fingerprint density at radius 1 is 1.19 bits per heavy atom. The summed E-state index contributed by atoms with van der Waals surface area (Å²) in [7, 11) is 0. The number of alkyl halides is 3. The minimum atomic E-state index is -4.27. The van der Waals surface area contributed by atoms with Crippen molar-refractivity contribution in [1.29, 1.82) is 0 Å². The van der Waals surface area contributed by atoms with Crippen LogP contribution in [0.4, 0.5) is 13.2 Å². The summed E-state index contributed by atoms with van der Waals surface area (Å²) in [5, 5.41) is 3.52. The van der Waals surface area contributed by atoms with E-state index in [1.54, 1.807) is 6.07 Å². The molecule has 1 aromatic rings. The van der Waals surface area contributed by atoms with E-state index in [1.165, 1.54) is 25.0 Å². The standard InChI is InChI=1S/C17H24F3N/c1-11-7-8-16(12(2)9-11)21-13(3)14-5-4-6-15(10-14)17(18,19)20/h4-6,10-13,16,21H,7-9H2,1-3H3. The van der Waals surface area contributed by atoms with Gasteiger partial charge in [-0.3, -0.25) is 0 Å². The van der Waals surface area contributed by atoms with Gasteiger partial charge in [0.2, 0.25) is 0 Å². The van der Waals surface area contributed by atoms with Gasteiger partial charge >= 0.3 is 6.18 Å². The van der Waals surface area contributed by atoms with Gasteiger partial charge in [0.05, 0.1) is 5.56 Å². The monoisotopic (exact) mass is 299 g/mol. The molecular formula is C17H24F3N. The van der Waals surface area contributed by atoms with E-state index in [1.807, 2.05) is 6.92 Å². The molecule has 0 heterocycles. The quantitative estimate of drug-likeness (QED) is 0.811. The highest BCUT2D eigenvalue weighted by atomic mass is 19.4. The van der Waals surface area contributed by atoms with Gasteiger partial charge in [0.15, 0.2) is 0 Å². The fraction of sp³-hybridized carbons (Fsp3) is 0.647. The van der Waals surface area contributed by atoms with Gasteiger partial charge in [-0.15, -0.1) is 0 Å². The molecule has 0 radical (unpaired) electrons. The van der Waals surface area contributed by atoms with E-state index in [-0.39, 0.29) is 6.04 Å². The van der Waals surface area contributed by atoms with Crippen LogP contribution in [0.15, 0.2) is 24.3 Å². The van der Waals surface area contributed by atoms with Gasteiger partial charge in [-0.2, -0.15) is 13.2 Å². The molecule has 0 bridgehead atoms. The summed E-state index contributed by atoms with van der Waals surface area (Å²) in [4.78, 5) is 0. The predicted molar refractivity (Wildman–Crippen MR) is 79.0 cm³/mol. The van der Waals surface area contributed by atoms with E-state index in [9.17, 15) is 13.2 Å². The molecule has 1 saturated carbocycles. The second-order valence-corrected chi connectivity index (χ2v) is 6.51. The van der Waals surface area contributed by atoms with Crippen molar-refractivity contribution in [1.82, 2.24) is 5.32 Å². The summed E-state index contributed by atoms with van der Waals surface area (Å²) >= 11 is 0. The normalized spacial score (nSPS) is 28.4. The molecule has 4 heteroatoms. The van der Waals surface area contributed by atoms with E-state index >= 15 is 0 Å². The van der Waals surface area contributed by atoms with Gasteiger partial charge in [-0.25, -0.2) is 0 Å². The molecule has 0 spiro atoms. The molecular weight excluding hydrogens is 275 g/mol. The van der Waals surface area contributed by atoms with Gasteiger partial charge in [-0.1, -0.05) is 26.0 Å². The Labute approximate surface area is 124 Å². The van der Waals surface area contributed by atoms with Crippen LogP contribution in [-0.4, -0.2) is 6.04 Å². The van der Waals surface area contributed by atoms with Crippen LogP contribution in [0.25, 0.3) is 0 Å². The van der Waals surface area contributed by atoms with Gasteiger partial charge in [-0.05, 0) is 55.7 Å². The average molecular weight is 299 g/mol. The van der Waals surface area contributed by atoms with Crippen LogP contribution in [0.1, 0.15) is 57.2 Å². The molecule has 1 aliphatic rings. The van der Waals surface area contributed by atoms with Crippen molar-refractivity contribution < 1.29 is 13.2 Å². The van der Waals surface area contributed by atoms with Crippen LogP contribution >= 0.6 is 0 Å². The first-order valence-corrected chi connectivity index (χ1v) is 7.70. The number of hydrogen-bond donors (Lipinski definition) is 1. The van der Waals surface area contributed by atoms with Crippen LogP contribution in [0, 0.1) is 11.8 Å². The number of benzene rings is 1. The fourth-order valence-corrected chi connectivity index (χ4v) is 3.31. The molecule has 21 heavy (non-hydrogen) atoms. The zero-order valence-electron chi connectivity index (χ0n) is 12.9. The molecule has 1 nitrogen and oxygen atoms in total. The van der Waals surface area contributed by atoms with Gasteiger partial charge in [0.1, 0.15) is 0 Å². The van der Waals surface area contributed by atoms with Crippen molar-refractivity contribution in [2.24, 2.45) is 11.8 Å². The second kappa shape index (κ2) is 6.39. The van der Waals surface area contributed by atoms with E-state index in [4.69, 9.17) is 0 Å². The molecule has 2 rings (SSSR count). The van der Waals surface area contributed by atoms with Crippen LogP contribution < -0.4 is 5.32 Å². The third kappa shape index (κ3) is 4.22. The summed E-state index contributed by atoms with van der Waals surface area (Å²) in [6.45, 7) is 6.44. The van der Waals surface area contributed by atoms with Crippen molar-refractivity contribution in [2.75, 3.05) is 0 Å². The van der Waals surface area contributed by atoms with Gasteiger partial charge in [0, 0.05) is 12.1 Å². The summed E-state index contributed by atoms with van der Waals surface area (Å²) in [6.07, 6.45) is -0.792. The first-order valence-electron chi connectivity index (χ1n) is 7.70. The Balaban J connectivity index is 2.05. The molecule has 4 atom stereocenters. The maximum atomic E-state index is 12.8. The topological polar surface area (TPSA) is 12.0 Å². The molecule has 0 saturated heterocycles. The van der Waals surface area contributed by atoms with Crippen molar-refractivity contribution in [3.05, 3.63) is 35.4 Å². The summed E-state index contributed by atoms with van der Waals surface area (Å²) < 4.78 is 38.3. The number of hydrogen-bond acceptors (Lipinski definition) is 1. The smallest absolute Gasteiger partial charge is 0.307 e. The van der Waals surface area contributed by atoms with E-state index < -0.39 is 11.7 Å². The minimum Gasteiger partial charge on any atom is -0.307 e. The Kier molecular flexibility index (Phi) is 4.97. The lowest BCUT2D eigenvalue weighted by molar-refractivity contribution is -0.137. The van der Waals surface area contributed by atoms with Crippen LogP contribution in [0.3, 0.4) is 0 Å². The van der Waals surface area contributed by atoms with Crippen LogP contribution in [0.5, 0.6) is 0 Å². The Morgan fingerprint density at radius 3 is 2.52 bits per heavy atom. The summed E-state index contributed by atoms with van der Waals surface area (Å²) in [6, 6.07) is 5.97. The third-order valence-corrected chi connectivity index (χ3v) is 4.61. The minimum absolute atomic E-state index is 0.0619. The van der Waals surface area contributed by atoms with Gasteiger partial charge < -0.3 is 5.32 Å². The van der Waals surface area contributed by atoms with E-state index in [0.29, 0.717) is 17.5 Å². The molecule has 1 aliphatic carbocycles. The molecule has 1 fully saturated rings. The van der Waals surface area contributed by atoms with Crippen LogP contribution in [-0.2, 0) is 6.18 Å². The zero-order valence-corrected chi connectivity index (χ0v) is 12.9. The largest absolute Gasteiger partial charge is 0.416 e. The van der Waals surface area contributed by atoms with Crippen molar-refractivity contribution in [3.8, 4) is 0 Å². The summed E-state index contributed by atoms with van der Waals surface area (Å²) in [5.74, 6) is 1.32. The van der Waals surface area contributed by atoms with E-state index in [2.05, 4.69) is 19.2 Å². The molecule has 1 N–H and O–H groups in total. The highest BCUT2D eigenvalue weighted by Gasteiger charge is 2.31. The Hall–Kier alpha value is -1.03. The average Bonchev–Trinajstić information content (AvgIpc) is 2.41. The van der Waals surface area contributed by atoms with E-state index in [0.717, 1.165) is 18.4 Å². The van der Waals surface area contributed by atoms with Crippen molar-refractivity contribution in [2.45, 2.75) is 58.3 Å². The zero-order chi connectivity index (χ0) is 15.6. The number of halogens is 3. The molecule has 4 unspecified atom stereocenters. The maximum absolute atomic E-state index is 12.8. The highest BCUT2D eigenvalue weighted by Crippen LogP contribution is 2.32. The molecule has 0 aromatic heterocycles. The molecule has 0 amide bonds. The van der Waals surface area contributed by atoms with Crippen molar-refractivity contribution in [3.63, 3.8) is 0 Å². The number of rotatable bonds is 3. The second-order valence-electron chi connectivity index (χ2n) is 6.51.